The van der Waals surface area contributed by atoms with Gasteiger partial charge in [-0.05, 0) is 49.9 Å². The van der Waals surface area contributed by atoms with Crippen LogP contribution in [0.1, 0.15) is 46.1 Å². The monoisotopic (exact) mass is 467 g/mol. The Morgan fingerprint density at radius 3 is 2.62 bits per heavy atom. The van der Waals surface area contributed by atoms with Crippen LogP contribution in [0.4, 0.5) is 5.13 Å². The van der Waals surface area contributed by atoms with Crippen molar-refractivity contribution in [1.82, 2.24) is 19.7 Å². The van der Waals surface area contributed by atoms with Crippen LogP contribution in [0.15, 0.2) is 60.7 Å². The molecule has 0 radical (unpaired) electrons. The molecule has 3 heterocycles. The van der Waals surface area contributed by atoms with Gasteiger partial charge in [0, 0.05) is 25.2 Å². The van der Waals surface area contributed by atoms with E-state index >= 15 is 0 Å². The Hall–Kier alpha value is -3.58. The fraction of sp³-hybridized carbons (Fsp3) is 0.259. The number of nitrogens with zero attached hydrogens (tertiary/aromatic N) is 5. The summed E-state index contributed by atoms with van der Waals surface area (Å²) < 4.78 is 2.87. The van der Waals surface area contributed by atoms with Crippen molar-refractivity contribution in [3.05, 3.63) is 83.2 Å². The average molecular weight is 468 g/mol. The summed E-state index contributed by atoms with van der Waals surface area (Å²) in [6.07, 6.45) is 3.00. The highest BCUT2D eigenvalue weighted by molar-refractivity contribution is 7.22. The molecule has 2 aromatic carbocycles. The summed E-state index contributed by atoms with van der Waals surface area (Å²) in [6, 6.07) is 20.3. The zero-order valence-electron chi connectivity index (χ0n) is 19.2. The average Bonchev–Trinajstić information content (AvgIpc) is 3.55. The molecule has 6 nitrogen and oxygen atoms in total. The number of carbonyl (C=O) groups is 1. The highest BCUT2D eigenvalue weighted by Gasteiger charge is 2.30. The molecule has 34 heavy (non-hydrogen) atoms. The largest absolute Gasteiger partial charge is 0.284 e. The van der Waals surface area contributed by atoms with Crippen LogP contribution in [0, 0.1) is 6.92 Å². The van der Waals surface area contributed by atoms with Gasteiger partial charge >= 0.3 is 0 Å². The molecule has 170 valence electrons. The van der Waals surface area contributed by atoms with Gasteiger partial charge in [-0.1, -0.05) is 53.8 Å². The third-order valence-corrected chi connectivity index (χ3v) is 7.50. The van der Waals surface area contributed by atoms with Crippen molar-refractivity contribution in [2.75, 3.05) is 11.4 Å². The minimum absolute atomic E-state index is 0.0413. The van der Waals surface area contributed by atoms with E-state index in [1.54, 1.807) is 16.0 Å². The number of carbonyl (C=O) groups excluding carboxylic acids is 1. The van der Waals surface area contributed by atoms with Crippen LogP contribution in [0.25, 0.3) is 21.3 Å². The van der Waals surface area contributed by atoms with Crippen molar-refractivity contribution in [2.45, 2.75) is 32.1 Å². The number of thiazole rings is 1. The SMILES string of the molecule is Cc1nn(C)c2nc(C3CC3)cc(C(=O)N(CCc3ccccc3)c3nc4ccccc4s3)c12. The quantitative estimate of drug-likeness (QED) is 0.324. The van der Waals surface area contributed by atoms with Gasteiger partial charge in [0.2, 0.25) is 0 Å². The van der Waals surface area contributed by atoms with E-state index in [1.807, 2.05) is 61.3 Å². The van der Waals surface area contributed by atoms with Gasteiger partial charge in [-0.2, -0.15) is 5.10 Å². The van der Waals surface area contributed by atoms with Crippen molar-refractivity contribution in [2.24, 2.45) is 7.05 Å². The fourth-order valence-electron chi connectivity index (χ4n) is 4.51. The number of aryl methyl sites for hydroxylation is 2. The van der Waals surface area contributed by atoms with Gasteiger partial charge in [-0.3, -0.25) is 14.4 Å². The van der Waals surface area contributed by atoms with Crippen LogP contribution in [-0.4, -0.2) is 32.2 Å². The molecule has 1 aliphatic carbocycles. The standard InChI is InChI=1S/C27H25N5OS/c1-17-24-20(16-22(19-12-13-19)28-25(24)31(2)30-17)26(33)32(15-14-18-8-4-3-5-9-18)27-29-21-10-6-7-11-23(21)34-27/h3-11,16,19H,12-15H2,1-2H3. The van der Waals surface area contributed by atoms with E-state index in [-0.39, 0.29) is 5.91 Å². The number of fused-ring (bicyclic) bond motifs is 2. The molecule has 1 amide bonds. The zero-order chi connectivity index (χ0) is 23.2. The first-order chi connectivity index (χ1) is 16.6. The summed E-state index contributed by atoms with van der Waals surface area (Å²) in [5.41, 5.74) is 5.37. The maximum atomic E-state index is 14.2. The lowest BCUT2D eigenvalue weighted by Crippen LogP contribution is -2.33. The van der Waals surface area contributed by atoms with Crippen molar-refractivity contribution >= 4 is 43.6 Å². The van der Waals surface area contributed by atoms with E-state index in [2.05, 4.69) is 23.3 Å². The zero-order valence-corrected chi connectivity index (χ0v) is 20.0. The van der Waals surface area contributed by atoms with Crippen LogP contribution < -0.4 is 4.90 Å². The van der Waals surface area contributed by atoms with Gasteiger partial charge < -0.3 is 0 Å². The van der Waals surface area contributed by atoms with Crippen LogP contribution in [0.3, 0.4) is 0 Å². The summed E-state index contributed by atoms with van der Waals surface area (Å²) in [4.78, 5) is 25.8. The Balaban J connectivity index is 1.46. The molecule has 0 N–H and O–H groups in total. The van der Waals surface area contributed by atoms with E-state index in [0.29, 0.717) is 18.0 Å². The Labute approximate surface area is 201 Å². The van der Waals surface area contributed by atoms with E-state index < -0.39 is 0 Å². The molecule has 1 fully saturated rings. The molecule has 1 aliphatic rings. The predicted octanol–water partition coefficient (Wildman–Crippen LogP) is 5.65. The Morgan fingerprint density at radius 1 is 1.09 bits per heavy atom. The summed E-state index contributed by atoms with van der Waals surface area (Å²) in [5.74, 6) is 0.395. The molecule has 3 aromatic heterocycles. The Morgan fingerprint density at radius 2 is 1.85 bits per heavy atom. The van der Waals surface area contributed by atoms with Crippen molar-refractivity contribution in [3.8, 4) is 0 Å². The minimum Gasteiger partial charge on any atom is -0.284 e. The number of benzene rings is 2. The van der Waals surface area contributed by atoms with Gasteiger partial charge in [0.25, 0.3) is 5.91 Å². The van der Waals surface area contributed by atoms with Gasteiger partial charge in [0.15, 0.2) is 10.8 Å². The predicted molar refractivity (Wildman–Crippen MR) is 137 cm³/mol. The van der Waals surface area contributed by atoms with Crippen LogP contribution in [-0.2, 0) is 13.5 Å². The molecule has 0 spiro atoms. The fourth-order valence-corrected chi connectivity index (χ4v) is 5.50. The Kier molecular flexibility index (Phi) is 5.14. The van der Waals surface area contributed by atoms with Gasteiger partial charge in [-0.15, -0.1) is 0 Å². The first-order valence-corrected chi connectivity index (χ1v) is 12.5. The smallest absolute Gasteiger partial charge is 0.260 e. The molecule has 0 aliphatic heterocycles. The van der Waals surface area contributed by atoms with E-state index in [1.165, 1.54) is 5.56 Å². The molecule has 0 bridgehead atoms. The molecule has 0 unspecified atom stereocenters. The molecule has 0 saturated heterocycles. The third kappa shape index (κ3) is 3.76. The van der Waals surface area contributed by atoms with Crippen LogP contribution in [0.2, 0.25) is 0 Å². The van der Waals surface area contributed by atoms with Gasteiger partial charge in [0.1, 0.15) is 0 Å². The lowest BCUT2D eigenvalue weighted by Gasteiger charge is -2.21. The summed E-state index contributed by atoms with van der Waals surface area (Å²) in [6.45, 7) is 2.49. The first kappa shape index (κ1) is 21.0. The highest BCUT2D eigenvalue weighted by atomic mass is 32.1. The normalized spacial score (nSPS) is 13.6. The molecule has 7 heteroatoms. The number of para-hydroxylation sites is 1. The number of amides is 1. The molecule has 6 rings (SSSR count). The van der Waals surface area contributed by atoms with Crippen molar-refractivity contribution in [1.29, 1.82) is 0 Å². The van der Waals surface area contributed by atoms with Crippen LogP contribution in [0.5, 0.6) is 0 Å². The van der Waals surface area contributed by atoms with Gasteiger partial charge in [0.05, 0.1) is 26.9 Å². The maximum Gasteiger partial charge on any atom is 0.260 e. The first-order valence-electron chi connectivity index (χ1n) is 11.6. The lowest BCUT2D eigenvalue weighted by atomic mass is 10.1. The second kappa shape index (κ2) is 8.33. The molecule has 0 atom stereocenters. The van der Waals surface area contributed by atoms with Crippen molar-refractivity contribution < 1.29 is 4.79 Å². The highest BCUT2D eigenvalue weighted by Crippen LogP contribution is 2.41. The number of hydrogen-bond acceptors (Lipinski definition) is 5. The number of aromatic nitrogens is 4. The molecular weight excluding hydrogens is 442 g/mol. The van der Waals surface area contributed by atoms with Crippen LogP contribution >= 0.6 is 11.3 Å². The third-order valence-electron chi connectivity index (χ3n) is 6.44. The second-order valence-electron chi connectivity index (χ2n) is 8.93. The second-order valence-corrected chi connectivity index (χ2v) is 9.94. The topological polar surface area (TPSA) is 63.9 Å². The van der Waals surface area contributed by atoms with E-state index in [0.717, 1.165) is 57.0 Å². The number of pyridine rings is 1. The lowest BCUT2D eigenvalue weighted by molar-refractivity contribution is 0.0988. The van der Waals surface area contributed by atoms with Crippen molar-refractivity contribution in [3.63, 3.8) is 0 Å². The number of rotatable bonds is 6. The molecule has 1 saturated carbocycles. The van der Waals surface area contributed by atoms with Gasteiger partial charge in [-0.25, -0.2) is 9.97 Å². The van der Waals surface area contributed by atoms with E-state index in [4.69, 9.17) is 9.97 Å². The summed E-state index contributed by atoms with van der Waals surface area (Å²) in [5, 5.41) is 6.14. The molecular formula is C27H25N5OS. The summed E-state index contributed by atoms with van der Waals surface area (Å²) in [7, 11) is 1.90. The minimum atomic E-state index is -0.0413. The maximum absolute atomic E-state index is 14.2. The summed E-state index contributed by atoms with van der Waals surface area (Å²) >= 11 is 1.56. The Bertz CT molecular complexity index is 1480. The number of hydrogen-bond donors (Lipinski definition) is 0. The molecule has 5 aromatic rings. The number of anilines is 1. The van der Waals surface area contributed by atoms with E-state index in [9.17, 15) is 4.79 Å².